The maximum atomic E-state index is 2.49. The quantitative estimate of drug-likeness (QED) is 0.144. The summed E-state index contributed by atoms with van der Waals surface area (Å²) in [6.07, 6.45) is 12.0. The molecule has 298 valence electrons. The molecule has 3 fully saturated rings. The van der Waals surface area contributed by atoms with Crippen molar-refractivity contribution in [3.8, 4) is 11.1 Å². The van der Waals surface area contributed by atoms with Crippen molar-refractivity contribution in [3.05, 3.63) is 204 Å². The molecule has 7 aromatic rings. The average Bonchev–Trinajstić information content (AvgIpc) is 4.00. The van der Waals surface area contributed by atoms with E-state index in [1.54, 1.807) is 0 Å². The minimum absolute atomic E-state index is 0.00767. The van der Waals surface area contributed by atoms with Gasteiger partial charge in [-0.15, -0.1) is 0 Å². The van der Waals surface area contributed by atoms with E-state index in [1.807, 2.05) is 0 Å². The van der Waals surface area contributed by atoms with Crippen molar-refractivity contribution in [1.82, 2.24) is 0 Å². The minimum Gasteiger partial charge on any atom is -0.311 e. The monoisotopic (exact) mass is 780 g/mol. The zero-order valence-corrected chi connectivity index (χ0v) is 35.2. The Morgan fingerprint density at radius 3 is 1.58 bits per heavy atom. The van der Waals surface area contributed by atoms with Gasteiger partial charge in [0.15, 0.2) is 0 Å². The van der Waals surface area contributed by atoms with Gasteiger partial charge in [0.05, 0.1) is 5.69 Å². The largest absolute Gasteiger partial charge is 0.311 e. The molecule has 3 atom stereocenters. The molecular weight excluding hydrogens is 725 g/mol. The Balaban J connectivity index is 0.966. The summed E-state index contributed by atoms with van der Waals surface area (Å²) in [4.78, 5) is 4.93. The first kappa shape index (κ1) is 37.2. The molecule has 0 amide bonds. The van der Waals surface area contributed by atoms with Crippen LogP contribution >= 0.6 is 0 Å². The number of benzene rings is 7. The molecule has 0 aromatic heterocycles. The maximum absolute atomic E-state index is 2.49. The fourth-order valence-corrected chi connectivity index (χ4v) is 12.3. The molecule has 0 radical (unpaired) electrons. The van der Waals surface area contributed by atoms with Crippen molar-refractivity contribution in [2.24, 2.45) is 11.8 Å². The Kier molecular flexibility index (Phi) is 9.29. The first-order chi connectivity index (χ1) is 29.5. The number of nitrogens with zero attached hydrogens (tertiary/aromatic N) is 2. The van der Waals surface area contributed by atoms with Crippen molar-refractivity contribution in [2.75, 3.05) is 9.80 Å². The molecule has 0 aliphatic heterocycles. The Morgan fingerprint density at radius 2 is 0.983 bits per heavy atom. The molecule has 7 aromatic carbocycles. The molecular formula is C58H56N2. The van der Waals surface area contributed by atoms with Crippen LogP contribution in [0.1, 0.15) is 105 Å². The highest BCUT2D eigenvalue weighted by atomic mass is 15.1. The molecule has 3 saturated carbocycles. The van der Waals surface area contributed by atoms with Crippen molar-refractivity contribution in [3.63, 3.8) is 0 Å². The van der Waals surface area contributed by atoms with Gasteiger partial charge in [-0.05, 0) is 150 Å². The number of hydrogen-bond acceptors (Lipinski definition) is 2. The Hall–Kier alpha value is -5.86. The normalized spacial score (nSPS) is 21.4. The minimum atomic E-state index is -0.0604. The molecule has 4 aliphatic rings. The second-order valence-electron chi connectivity index (χ2n) is 18.8. The van der Waals surface area contributed by atoms with Crippen molar-refractivity contribution in [2.45, 2.75) is 88.4 Å². The predicted molar refractivity (Wildman–Crippen MR) is 252 cm³/mol. The van der Waals surface area contributed by atoms with Gasteiger partial charge in [0.1, 0.15) is 0 Å². The highest BCUT2D eigenvalue weighted by Gasteiger charge is 2.52. The number of fused-ring (bicyclic) bond motifs is 5. The highest BCUT2D eigenvalue weighted by Crippen LogP contribution is 2.61. The van der Waals surface area contributed by atoms with Gasteiger partial charge in [-0.25, -0.2) is 0 Å². The molecule has 2 nitrogen and oxygen atoms in total. The Morgan fingerprint density at radius 1 is 0.450 bits per heavy atom. The van der Waals surface area contributed by atoms with Gasteiger partial charge < -0.3 is 9.80 Å². The summed E-state index contributed by atoms with van der Waals surface area (Å²) in [5.41, 5.74) is 17.1. The van der Waals surface area contributed by atoms with Crippen molar-refractivity contribution < 1.29 is 0 Å². The van der Waals surface area contributed by atoms with E-state index >= 15 is 0 Å². The lowest BCUT2D eigenvalue weighted by molar-refractivity contribution is 0.320. The van der Waals surface area contributed by atoms with Crippen LogP contribution < -0.4 is 9.80 Å². The molecule has 4 aliphatic carbocycles. The van der Waals surface area contributed by atoms with Gasteiger partial charge in [-0.1, -0.05) is 149 Å². The summed E-state index contributed by atoms with van der Waals surface area (Å²) in [5, 5.41) is 0. The molecule has 2 heteroatoms. The van der Waals surface area contributed by atoms with Crippen LogP contribution in [-0.2, 0) is 10.8 Å². The van der Waals surface area contributed by atoms with E-state index in [9.17, 15) is 0 Å². The van der Waals surface area contributed by atoms with Gasteiger partial charge in [-0.3, -0.25) is 0 Å². The van der Waals surface area contributed by atoms with E-state index in [4.69, 9.17) is 0 Å². The summed E-state index contributed by atoms with van der Waals surface area (Å²) in [5.74, 6) is 2.14. The maximum Gasteiger partial charge on any atom is 0.0543 e. The van der Waals surface area contributed by atoms with E-state index in [0.29, 0.717) is 11.8 Å². The Bertz CT molecular complexity index is 2600. The topological polar surface area (TPSA) is 6.48 Å². The number of hydrogen-bond donors (Lipinski definition) is 0. The zero-order valence-electron chi connectivity index (χ0n) is 35.2. The smallest absolute Gasteiger partial charge is 0.0543 e. The van der Waals surface area contributed by atoms with Gasteiger partial charge in [0.2, 0.25) is 0 Å². The second kappa shape index (κ2) is 15.0. The molecule has 0 spiro atoms. The van der Waals surface area contributed by atoms with Gasteiger partial charge in [0.25, 0.3) is 0 Å². The molecule has 0 heterocycles. The van der Waals surface area contributed by atoms with Crippen LogP contribution in [0.15, 0.2) is 176 Å². The number of rotatable bonds is 9. The van der Waals surface area contributed by atoms with E-state index in [0.717, 1.165) is 5.92 Å². The first-order valence-corrected chi connectivity index (χ1v) is 22.7. The van der Waals surface area contributed by atoms with Gasteiger partial charge >= 0.3 is 0 Å². The van der Waals surface area contributed by atoms with Crippen LogP contribution in [0.5, 0.6) is 0 Å². The van der Waals surface area contributed by atoms with Crippen LogP contribution in [0, 0.1) is 11.8 Å². The first-order valence-electron chi connectivity index (χ1n) is 22.7. The SMILES string of the molecule is CC1(C)c2ccccc2-c2c(N(c3ccccc3)c3ccc(C4(c5ccc(N(c6ccccc6)c6ccc(C7CCCCC7)cc6)cc5)CC5CCC4C5)cc3)cccc21. The third-order valence-electron chi connectivity index (χ3n) is 15.2. The van der Waals surface area contributed by atoms with Crippen molar-refractivity contribution >= 4 is 34.1 Å². The molecule has 11 rings (SSSR count). The molecule has 0 N–H and O–H groups in total. The fraction of sp³-hybridized carbons (Fsp3) is 0.276. The highest BCUT2D eigenvalue weighted by molar-refractivity contribution is 5.95. The van der Waals surface area contributed by atoms with E-state index in [1.165, 1.54) is 131 Å². The van der Waals surface area contributed by atoms with E-state index in [-0.39, 0.29) is 10.8 Å². The van der Waals surface area contributed by atoms with E-state index < -0.39 is 0 Å². The summed E-state index contributed by atoms with van der Waals surface area (Å²) in [7, 11) is 0. The zero-order chi connectivity index (χ0) is 40.3. The van der Waals surface area contributed by atoms with Crippen molar-refractivity contribution in [1.29, 1.82) is 0 Å². The molecule has 60 heavy (non-hydrogen) atoms. The van der Waals surface area contributed by atoms with E-state index in [2.05, 4.69) is 200 Å². The van der Waals surface area contributed by atoms with Gasteiger partial charge in [-0.2, -0.15) is 0 Å². The summed E-state index contributed by atoms with van der Waals surface area (Å²) < 4.78 is 0. The van der Waals surface area contributed by atoms with Crippen LogP contribution in [0.4, 0.5) is 34.1 Å². The summed E-state index contributed by atoms with van der Waals surface area (Å²) in [6, 6.07) is 66.8. The van der Waals surface area contributed by atoms with Crippen LogP contribution in [0.25, 0.3) is 11.1 Å². The van der Waals surface area contributed by atoms with Crippen LogP contribution in [0.2, 0.25) is 0 Å². The molecule has 0 saturated heterocycles. The lowest BCUT2D eigenvalue weighted by Crippen LogP contribution is -2.34. The second-order valence-corrected chi connectivity index (χ2v) is 18.8. The average molecular weight is 781 g/mol. The third kappa shape index (κ3) is 6.13. The lowest BCUT2D eigenvalue weighted by Gasteiger charge is -2.40. The number of anilines is 6. The summed E-state index contributed by atoms with van der Waals surface area (Å²) in [6.45, 7) is 4.75. The van der Waals surface area contributed by atoms with Crippen LogP contribution in [-0.4, -0.2) is 0 Å². The fourth-order valence-electron chi connectivity index (χ4n) is 12.3. The van der Waals surface area contributed by atoms with Crippen LogP contribution in [0.3, 0.4) is 0 Å². The molecule has 3 unspecified atom stereocenters. The van der Waals surface area contributed by atoms with Gasteiger partial charge in [0, 0.05) is 44.8 Å². The number of para-hydroxylation sites is 2. The molecule has 2 bridgehead atoms. The third-order valence-corrected chi connectivity index (χ3v) is 15.2. The predicted octanol–water partition coefficient (Wildman–Crippen LogP) is 16.1. The summed E-state index contributed by atoms with van der Waals surface area (Å²) >= 11 is 0. The Labute approximate surface area is 357 Å². The lowest BCUT2D eigenvalue weighted by atomic mass is 9.64. The standard InChI is InChI=1S/C58H56N2/c1-57(2)53-22-13-12-21-52(53)56-54(57)23-14-24-55(56)60(48-19-10-5-11-20-48)51-37-31-45(32-38-51)58(40-41-25-28-46(58)39-41)44-29-35-50(36-30-44)59(47-17-8-4-9-18-47)49-33-26-43(27-34-49)42-15-6-3-7-16-42/h4-5,8-14,17-24,26-27,29-38,41-42,46H,3,6-7,15-16,25,28,39-40H2,1-2H3.